The van der Waals surface area contributed by atoms with Gasteiger partial charge in [0, 0.05) is 12.4 Å². The molecule has 0 aliphatic heterocycles. The summed E-state index contributed by atoms with van der Waals surface area (Å²) < 4.78 is 0. The minimum atomic E-state index is -0.566. The van der Waals surface area contributed by atoms with Gasteiger partial charge < -0.3 is 16.0 Å². The third-order valence-corrected chi connectivity index (χ3v) is 4.76. The van der Waals surface area contributed by atoms with Crippen LogP contribution in [0.15, 0.2) is 24.9 Å². The zero-order valence-electron chi connectivity index (χ0n) is 12.9. The number of hydrogen-bond donors (Lipinski definition) is 3. The van der Waals surface area contributed by atoms with Gasteiger partial charge in [-0.05, 0) is 6.92 Å². The zero-order chi connectivity index (χ0) is 18.0. The van der Waals surface area contributed by atoms with E-state index in [1.165, 1.54) is 12.5 Å². The first kappa shape index (κ1) is 17.0. The van der Waals surface area contributed by atoms with Crippen molar-refractivity contribution < 1.29 is 9.59 Å². The van der Waals surface area contributed by atoms with E-state index < -0.39 is 17.9 Å². The molecule has 0 aromatic carbocycles. The SMILES string of the molecule is CC(NC(=O)c1ncnc(-c2ncc[nH]2)c1Cl)c1ncc(C(N)=O)s1. The van der Waals surface area contributed by atoms with E-state index in [1.54, 1.807) is 19.3 Å². The fraction of sp³-hybridized carbons (Fsp3) is 0.143. The molecular formula is C14H12ClN7O2S. The van der Waals surface area contributed by atoms with Crippen LogP contribution in [0.1, 0.15) is 38.1 Å². The van der Waals surface area contributed by atoms with Crippen molar-refractivity contribution in [2.45, 2.75) is 13.0 Å². The van der Waals surface area contributed by atoms with Crippen LogP contribution in [0, 0.1) is 0 Å². The van der Waals surface area contributed by atoms with Crippen molar-refractivity contribution in [1.82, 2.24) is 30.2 Å². The molecule has 1 atom stereocenters. The lowest BCUT2D eigenvalue weighted by atomic mass is 10.2. The lowest BCUT2D eigenvalue weighted by Crippen LogP contribution is -2.28. The number of nitrogens with one attached hydrogen (secondary N) is 2. The Bertz CT molecular complexity index is 925. The van der Waals surface area contributed by atoms with Crippen molar-refractivity contribution in [2.24, 2.45) is 5.73 Å². The summed E-state index contributed by atoms with van der Waals surface area (Å²) in [6.07, 6.45) is 5.78. The van der Waals surface area contributed by atoms with Crippen molar-refractivity contribution in [3.8, 4) is 11.5 Å². The first-order valence-electron chi connectivity index (χ1n) is 7.04. The van der Waals surface area contributed by atoms with Crippen LogP contribution in [0.25, 0.3) is 11.5 Å². The minimum Gasteiger partial charge on any atom is -0.365 e. The maximum atomic E-state index is 12.5. The van der Waals surface area contributed by atoms with Gasteiger partial charge in [0.15, 0.2) is 11.5 Å². The van der Waals surface area contributed by atoms with Gasteiger partial charge in [0.1, 0.15) is 26.9 Å². The van der Waals surface area contributed by atoms with Gasteiger partial charge in [-0.15, -0.1) is 11.3 Å². The average Bonchev–Trinajstić information content (AvgIpc) is 3.26. The van der Waals surface area contributed by atoms with Crippen LogP contribution in [-0.4, -0.2) is 36.7 Å². The smallest absolute Gasteiger partial charge is 0.272 e. The highest BCUT2D eigenvalue weighted by Crippen LogP contribution is 2.26. The molecule has 3 heterocycles. The van der Waals surface area contributed by atoms with Gasteiger partial charge in [-0.2, -0.15) is 0 Å². The number of rotatable bonds is 5. The number of carbonyl (C=O) groups is 2. The van der Waals surface area contributed by atoms with E-state index in [0.29, 0.717) is 21.4 Å². The monoisotopic (exact) mass is 377 g/mol. The average molecular weight is 378 g/mol. The summed E-state index contributed by atoms with van der Waals surface area (Å²) in [5.74, 6) is -0.631. The van der Waals surface area contributed by atoms with Gasteiger partial charge in [-0.3, -0.25) is 9.59 Å². The number of nitrogens with two attached hydrogens (primary N) is 1. The second-order valence-corrected chi connectivity index (χ2v) is 6.38. The molecule has 0 saturated heterocycles. The predicted molar refractivity (Wildman–Crippen MR) is 91.1 cm³/mol. The number of hydrogen-bond acceptors (Lipinski definition) is 7. The fourth-order valence-electron chi connectivity index (χ4n) is 2.02. The molecule has 0 saturated carbocycles. The Hall–Kier alpha value is -2.85. The predicted octanol–water partition coefficient (Wildman–Crippen LogP) is 1.57. The highest BCUT2D eigenvalue weighted by atomic mass is 35.5. The molecule has 3 aromatic rings. The molecule has 3 aromatic heterocycles. The van der Waals surface area contributed by atoms with E-state index in [-0.39, 0.29) is 10.7 Å². The number of thiazole rings is 1. The van der Waals surface area contributed by atoms with E-state index in [1.807, 2.05) is 0 Å². The first-order valence-corrected chi connectivity index (χ1v) is 8.23. The molecule has 3 rings (SSSR count). The number of amides is 2. The second-order valence-electron chi connectivity index (χ2n) is 4.94. The molecule has 0 aliphatic rings. The van der Waals surface area contributed by atoms with Crippen LogP contribution in [-0.2, 0) is 0 Å². The number of nitrogens with zero attached hydrogens (tertiary/aromatic N) is 4. The van der Waals surface area contributed by atoms with Crippen LogP contribution < -0.4 is 11.1 Å². The Morgan fingerprint density at radius 2 is 2.12 bits per heavy atom. The van der Waals surface area contributed by atoms with Gasteiger partial charge in [0.05, 0.1) is 12.2 Å². The van der Waals surface area contributed by atoms with Crippen LogP contribution in [0.3, 0.4) is 0 Å². The lowest BCUT2D eigenvalue weighted by molar-refractivity contribution is 0.0934. The molecule has 1 unspecified atom stereocenters. The Morgan fingerprint density at radius 1 is 1.32 bits per heavy atom. The van der Waals surface area contributed by atoms with Gasteiger partial charge in [-0.25, -0.2) is 19.9 Å². The summed E-state index contributed by atoms with van der Waals surface area (Å²) in [4.78, 5) is 42.9. The summed E-state index contributed by atoms with van der Waals surface area (Å²) in [5, 5.41) is 3.35. The number of primary amides is 1. The van der Waals surface area contributed by atoms with Crippen LogP contribution in [0.5, 0.6) is 0 Å². The first-order chi connectivity index (χ1) is 12.0. The standard InChI is InChI=1S/C14H12ClN7O2S/c1-6(14-19-4-7(25-14)11(16)23)22-13(24)10-8(15)9(20-5-21-10)12-17-2-3-18-12/h2-6H,1H3,(H2,16,23)(H,17,18)(H,22,24). The highest BCUT2D eigenvalue weighted by Gasteiger charge is 2.21. The maximum absolute atomic E-state index is 12.5. The Labute approximate surface area is 150 Å². The van der Waals surface area contributed by atoms with E-state index in [2.05, 4.69) is 30.2 Å². The summed E-state index contributed by atoms with van der Waals surface area (Å²) in [5.41, 5.74) is 5.54. The molecule has 4 N–H and O–H groups in total. The largest absolute Gasteiger partial charge is 0.365 e. The normalized spacial score (nSPS) is 11.9. The zero-order valence-corrected chi connectivity index (χ0v) is 14.4. The second kappa shape index (κ2) is 6.95. The van der Waals surface area contributed by atoms with E-state index in [0.717, 1.165) is 11.3 Å². The number of aromatic amines is 1. The fourth-order valence-corrected chi connectivity index (χ4v) is 3.06. The number of imidazole rings is 1. The van der Waals surface area contributed by atoms with Gasteiger partial charge >= 0.3 is 0 Å². The summed E-state index contributed by atoms with van der Waals surface area (Å²) in [6.45, 7) is 1.73. The molecule has 0 aliphatic carbocycles. The number of halogens is 1. The highest BCUT2D eigenvalue weighted by molar-refractivity contribution is 7.13. The van der Waals surface area contributed by atoms with Crippen molar-refractivity contribution in [3.63, 3.8) is 0 Å². The van der Waals surface area contributed by atoms with E-state index in [4.69, 9.17) is 17.3 Å². The number of H-pyrrole nitrogens is 1. The summed E-state index contributed by atoms with van der Waals surface area (Å²) >= 11 is 7.36. The number of aromatic nitrogens is 5. The van der Waals surface area contributed by atoms with E-state index in [9.17, 15) is 9.59 Å². The van der Waals surface area contributed by atoms with Crippen molar-refractivity contribution in [2.75, 3.05) is 0 Å². The van der Waals surface area contributed by atoms with Gasteiger partial charge in [0.2, 0.25) is 0 Å². The molecule has 2 amide bonds. The van der Waals surface area contributed by atoms with Crippen LogP contribution in [0.2, 0.25) is 5.02 Å². The molecule has 9 nitrogen and oxygen atoms in total. The summed E-state index contributed by atoms with van der Waals surface area (Å²) in [6, 6.07) is -0.455. The van der Waals surface area contributed by atoms with Crippen LogP contribution >= 0.6 is 22.9 Å². The Morgan fingerprint density at radius 3 is 2.76 bits per heavy atom. The van der Waals surface area contributed by atoms with E-state index >= 15 is 0 Å². The Kier molecular flexibility index (Phi) is 4.72. The molecule has 25 heavy (non-hydrogen) atoms. The van der Waals surface area contributed by atoms with Crippen molar-refractivity contribution in [3.05, 3.63) is 45.5 Å². The third kappa shape index (κ3) is 3.49. The van der Waals surface area contributed by atoms with Gasteiger partial charge in [-0.1, -0.05) is 11.6 Å². The Balaban J connectivity index is 1.81. The van der Waals surface area contributed by atoms with Crippen molar-refractivity contribution >= 4 is 34.8 Å². The maximum Gasteiger partial charge on any atom is 0.272 e. The lowest BCUT2D eigenvalue weighted by Gasteiger charge is -2.12. The minimum absolute atomic E-state index is 0.0154. The quantitative estimate of drug-likeness (QED) is 0.616. The molecule has 11 heteroatoms. The molecule has 0 bridgehead atoms. The molecule has 128 valence electrons. The third-order valence-electron chi connectivity index (χ3n) is 3.21. The molecule has 0 spiro atoms. The molecule has 0 fully saturated rings. The summed E-state index contributed by atoms with van der Waals surface area (Å²) in [7, 11) is 0. The van der Waals surface area contributed by atoms with Gasteiger partial charge in [0.25, 0.3) is 11.8 Å². The molecule has 0 radical (unpaired) electrons. The number of carbonyl (C=O) groups excluding carboxylic acids is 2. The molecular weight excluding hydrogens is 366 g/mol. The van der Waals surface area contributed by atoms with Crippen molar-refractivity contribution in [1.29, 1.82) is 0 Å². The topological polar surface area (TPSA) is 140 Å². The van der Waals surface area contributed by atoms with Crippen LogP contribution in [0.4, 0.5) is 0 Å².